The first-order valence-electron chi connectivity index (χ1n) is 11.4. The fourth-order valence-corrected chi connectivity index (χ4v) is 7.12. The van der Waals surface area contributed by atoms with E-state index in [1.807, 2.05) is 61.5 Å². The zero-order chi connectivity index (χ0) is 25.3. The van der Waals surface area contributed by atoms with Gasteiger partial charge in [-0.1, -0.05) is 77.8 Å². The van der Waals surface area contributed by atoms with Crippen LogP contribution in [0, 0.1) is 0 Å². The summed E-state index contributed by atoms with van der Waals surface area (Å²) in [4.78, 5) is 0. The van der Waals surface area contributed by atoms with Gasteiger partial charge in [0.05, 0.1) is 10.7 Å². The minimum Gasteiger partial charge on any atom is -0.485 e. The van der Waals surface area contributed by atoms with E-state index >= 15 is 0 Å². The zero-order valence-electron chi connectivity index (χ0n) is 19.4. The summed E-state index contributed by atoms with van der Waals surface area (Å²) < 4.78 is 35.7. The predicted octanol–water partition coefficient (Wildman–Crippen LogP) is 7.32. The molecule has 9 heteroatoms. The summed E-state index contributed by atoms with van der Waals surface area (Å²) in [5.41, 5.74) is 3.66. The van der Waals surface area contributed by atoms with Crippen LogP contribution in [0.3, 0.4) is 0 Å². The molecule has 36 heavy (non-hydrogen) atoms. The highest BCUT2D eigenvalue weighted by atomic mass is 35.5. The fraction of sp³-hybridized carbons (Fsp3) is 0.185. The lowest BCUT2D eigenvalue weighted by molar-refractivity contribution is 0.111. The van der Waals surface area contributed by atoms with Crippen LogP contribution in [-0.2, 0) is 10.0 Å². The summed E-state index contributed by atoms with van der Waals surface area (Å²) in [6.45, 7) is 3.56. The quantitative estimate of drug-likeness (QED) is 0.249. The van der Waals surface area contributed by atoms with Crippen molar-refractivity contribution in [1.82, 2.24) is 5.32 Å². The molecular formula is C27H24Cl2N2O3S2. The molecule has 3 aromatic carbocycles. The molecule has 1 aromatic heterocycles. The molecule has 0 unspecified atom stereocenters. The first kappa shape index (κ1) is 25.1. The number of hydrogen-bond donors (Lipinski definition) is 2. The Balaban J connectivity index is 1.37. The Labute approximate surface area is 225 Å². The van der Waals surface area contributed by atoms with E-state index in [-0.39, 0.29) is 4.21 Å². The lowest BCUT2D eigenvalue weighted by Crippen LogP contribution is -2.34. The highest BCUT2D eigenvalue weighted by molar-refractivity contribution is 7.94. The summed E-state index contributed by atoms with van der Waals surface area (Å²) in [7, 11) is -3.87. The number of hydrogen-bond acceptors (Lipinski definition) is 5. The van der Waals surface area contributed by atoms with Crippen molar-refractivity contribution in [1.29, 1.82) is 0 Å². The number of benzene rings is 3. The molecular weight excluding hydrogens is 535 g/mol. The smallest absolute Gasteiger partial charge is 0.271 e. The minimum atomic E-state index is -3.87. The molecule has 0 radical (unpaired) electrons. The maximum Gasteiger partial charge on any atom is 0.271 e. The SMILES string of the molecule is C[C@@]1(Oc2cc(NS(=O)(=O)c3cc(-c4ccc(-c5ccccc5)cc4)c(Cl)s3)ccc2Cl)CCNC1. The van der Waals surface area contributed by atoms with E-state index in [0.29, 0.717) is 32.9 Å². The van der Waals surface area contributed by atoms with Crippen molar-refractivity contribution >= 4 is 50.2 Å². The molecule has 1 aliphatic heterocycles. The number of rotatable bonds is 7. The molecule has 1 saturated heterocycles. The van der Waals surface area contributed by atoms with Gasteiger partial charge in [-0.25, -0.2) is 8.42 Å². The number of halogens is 2. The molecule has 0 saturated carbocycles. The normalized spacial score (nSPS) is 17.8. The second kappa shape index (κ2) is 10.1. The molecule has 1 atom stereocenters. The Bertz CT molecular complexity index is 1480. The summed E-state index contributed by atoms with van der Waals surface area (Å²) >= 11 is 13.8. The molecule has 0 bridgehead atoms. The summed E-state index contributed by atoms with van der Waals surface area (Å²) in [5.74, 6) is 0.437. The second-order valence-corrected chi connectivity index (χ2v) is 12.9. The van der Waals surface area contributed by atoms with Crippen molar-refractivity contribution in [2.75, 3.05) is 17.8 Å². The van der Waals surface area contributed by atoms with Crippen LogP contribution < -0.4 is 14.8 Å². The maximum atomic E-state index is 13.2. The summed E-state index contributed by atoms with van der Waals surface area (Å²) in [6.07, 6.45) is 0.835. The zero-order valence-corrected chi connectivity index (χ0v) is 22.6. The van der Waals surface area contributed by atoms with E-state index in [0.717, 1.165) is 41.0 Å². The van der Waals surface area contributed by atoms with Gasteiger partial charge in [0.15, 0.2) is 0 Å². The van der Waals surface area contributed by atoms with Gasteiger partial charge in [-0.15, -0.1) is 11.3 Å². The van der Waals surface area contributed by atoms with Crippen LogP contribution in [0.5, 0.6) is 5.75 Å². The van der Waals surface area contributed by atoms with Crippen molar-refractivity contribution in [3.05, 3.63) is 88.2 Å². The van der Waals surface area contributed by atoms with Gasteiger partial charge in [-0.3, -0.25) is 4.72 Å². The monoisotopic (exact) mass is 558 g/mol. The third kappa shape index (κ3) is 5.41. The van der Waals surface area contributed by atoms with Gasteiger partial charge < -0.3 is 10.1 Å². The van der Waals surface area contributed by atoms with Crippen LogP contribution in [0.15, 0.2) is 83.1 Å². The van der Waals surface area contributed by atoms with Gasteiger partial charge in [-0.05, 0) is 48.4 Å². The van der Waals surface area contributed by atoms with Crippen molar-refractivity contribution in [3.8, 4) is 28.0 Å². The molecule has 186 valence electrons. The lowest BCUT2D eigenvalue weighted by Gasteiger charge is -2.25. The fourth-order valence-electron chi connectivity index (χ4n) is 4.15. The molecule has 4 aromatic rings. The van der Waals surface area contributed by atoms with E-state index < -0.39 is 15.6 Å². The molecule has 0 amide bonds. The van der Waals surface area contributed by atoms with Crippen molar-refractivity contribution in [2.24, 2.45) is 0 Å². The second-order valence-electron chi connectivity index (χ2n) is 8.93. The Morgan fingerprint density at radius 3 is 2.33 bits per heavy atom. The molecule has 5 nitrogen and oxygen atoms in total. The van der Waals surface area contributed by atoms with E-state index in [9.17, 15) is 8.42 Å². The molecule has 0 spiro atoms. The largest absolute Gasteiger partial charge is 0.485 e. The molecule has 2 heterocycles. The molecule has 1 fully saturated rings. The van der Waals surface area contributed by atoms with Gasteiger partial charge in [0.2, 0.25) is 0 Å². The average molecular weight is 560 g/mol. The first-order chi connectivity index (χ1) is 17.2. The molecule has 1 aliphatic rings. The number of thiophene rings is 1. The summed E-state index contributed by atoms with van der Waals surface area (Å²) in [6, 6.07) is 24.4. The number of anilines is 1. The standard InChI is InChI=1S/C27H24Cl2N2O3S2/c1-27(13-14-30-17-27)34-24-15-21(11-12-23(24)28)31-36(32,33)25-16-22(26(29)35-25)20-9-7-19(8-10-20)18-5-3-2-4-6-18/h2-12,15-16,30-31H,13-14,17H2,1H3/t27-/m1/s1. The van der Waals surface area contributed by atoms with Crippen molar-refractivity contribution in [2.45, 2.75) is 23.2 Å². The Kier molecular flexibility index (Phi) is 7.03. The van der Waals surface area contributed by atoms with E-state index in [2.05, 4.69) is 10.0 Å². The minimum absolute atomic E-state index is 0.124. The predicted molar refractivity (Wildman–Crippen MR) is 149 cm³/mol. The van der Waals surface area contributed by atoms with Crippen LogP contribution >= 0.6 is 34.5 Å². The van der Waals surface area contributed by atoms with Crippen LogP contribution in [0.25, 0.3) is 22.3 Å². The van der Waals surface area contributed by atoms with E-state index in [1.54, 1.807) is 24.3 Å². The van der Waals surface area contributed by atoms with Gasteiger partial charge in [0.25, 0.3) is 10.0 Å². The van der Waals surface area contributed by atoms with Crippen LogP contribution in [-0.4, -0.2) is 27.1 Å². The lowest BCUT2D eigenvalue weighted by atomic mass is 10.0. The third-order valence-electron chi connectivity index (χ3n) is 6.10. The number of nitrogens with one attached hydrogen (secondary N) is 2. The summed E-state index contributed by atoms with van der Waals surface area (Å²) in [5, 5.41) is 3.69. The highest BCUT2D eigenvalue weighted by Crippen LogP contribution is 2.40. The Hall–Kier alpha value is -2.55. The van der Waals surface area contributed by atoms with Crippen LogP contribution in [0.1, 0.15) is 13.3 Å². The average Bonchev–Trinajstić information content (AvgIpc) is 3.48. The number of sulfonamides is 1. The van der Waals surface area contributed by atoms with E-state index in [4.69, 9.17) is 27.9 Å². The van der Waals surface area contributed by atoms with Gasteiger partial charge >= 0.3 is 0 Å². The number of ether oxygens (including phenoxy) is 1. The van der Waals surface area contributed by atoms with Gasteiger partial charge in [0, 0.05) is 24.6 Å². The molecule has 2 N–H and O–H groups in total. The van der Waals surface area contributed by atoms with Crippen molar-refractivity contribution < 1.29 is 13.2 Å². The third-order valence-corrected chi connectivity index (χ3v) is 9.63. The van der Waals surface area contributed by atoms with Crippen molar-refractivity contribution in [3.63, 3.8) is 0 Å². The molecule has 5 rings (SSSR count). The Morgan fingerprint density at radius 2 is 1.64 bits per heavy atom. The van der Waals surface area contributed by atoms with Crippen LogP contribution in [0.2, 0.25) is 9.36 Å². The van der Waals surface area contributed by atoms with E-state index in [1.165, 1.54) is 0 Å². The van der Waals surface area contributed by atoms with Gasteiger partial charge in [0.1, 0.15) is 19.9 Å². The topological polar surface area (TPSA) is 67.4 Å². The molecule has 0 aliphatic carbocycles. The maximum absolute atomic E-state index is 13.2. The van der Waals surface area contributed by atoms with Crippen LogP contribution in [0.4, 0.5) is 5.69 Å². The highest BCUT2D eigenvalue weighted by Gasteiger charge is 2.31. The first-order valence-corrected chi connectivity index (χ1v) is 14.5. The van der Waals surface area contributed by atoms with Gasteiger partial charge in [-0.2, -0.15) is 0 Å². The Morgan fingerprint density at radius 1 is 0.944 bits per heavy atom.